The van der Waals surface area contributed by atoms with Crippen LogP contribution in [0.25, 0.3) is 0 Å². The fourth-order valence-electron chi connectivity index (χ4n) is 3.26. The number of rotatable bonds is 6. The maximum atomic E-state index is 12.5. The van der Waals surface area contributed by atoms with Crippen LogP contribution in [0.5, 0.6) is 5.75 Å². The minimum absolute atomic E-state index is 0.0409. The second-order valence-corrected chi connectivity index (χ2v) is 8.96. The van der Waals surface area contributed by atoms with Crippen molar-refractivity contribution in [3.05, 3.63) is 89.0 Å². The maximum Gasteiger partial charge on any atom is 0.262 e. The van der Waals surface area contributed by atoms with Gasteiger partial charge in [0.2, 0.25) is 0 Å². The van der Waals surface area contributed by atoms with E-state index in [-0.39, 0.29) is 23.8 Å². The Morgan fingerprint density at radius 1 is 0.812 bits per heavy atom. The van der Waals surface area contributed by atoms with Gasteiger partial charge in [-0.2, -0.15) is 0 Å². The molecule has 0 saturated carbocycles. The second kappa shape index (κ2) is 9.69. The summed E-state index contributed by atoms with van der Waals surface area (Å²) < 4.78 is 5.61. The second-order valence-electron chi connectivity index (χ2n) is 8.96. The summed E-state index contributed by atoms with van der Waals surface area (Å²) >= 11 is 0. The zero-order chi connectivity index (χ0) is 23.3. The highest BCUT2D eigenvalue weighted by Crippen LogP contribution is 2.23. The molecule has 0 aliphatic carbocycles. The number of aryl methyl sites for hydroxylation is 2. The van der Waals surface area contributed by atoms with Gasteiger partial charge in [0.15, 0.2) is 6.61 Å². The summed E-state index contributed by atoms with van der Waals surface area (Å²) in [5, 5.41) is 5.68. The molecule has 166 valence electrons. The molecule has 0 saturated heterocycles. The lowest BCUT2D eigenvalue weighted by Crippen LogP contribution is -2.20. The van der Waals surface area contributed by atoms with E-state index >= 15 is 0 Å². The molecule has 0 aliphatic heterocycles. The van der Waals surface area contributed by atoms with Crippen molar-refractivity contribution in [1.82, 2.24) is 0 Å². The number of hydrogen-bond acceptors (Lipinski definition) is 3. The van der Waals surface area contributed by atoms with Gasteiger partial charge in [-0.05, 0) is 72.9 Å². The van der Waals surface area contributed by atoms with Crippen LogP contribution in [0.4, 0.5) is 11.4 Å². The van der Waals surface area contributed by atoms with Crippen LogP contribution in [0.2, 0.25) is 0 Å². The van der Waals surface area contributed by atoms with Gasteiger partial charge < -0.3 is 15.4 Å². The van der Waals surface area contributed by atoms with E-state index in [1.54, 1.807) is 24.3 Å². The van der Waals surface area contributed by atoms with Crippen molar-refractivity contribution >= 4 is 23.2 Å². The van der Waals surface area contributed by atoms with E-state index in [1.807, 2.05) is 56.3 Å². The number of carbonyl (C=O) groups is 2. The van der Waals surface area contributed by atoms with Gasteiger partial charge in [-0.3, -0.25) is 9.59 Å². The third-order valence-corrected chi connectivity index (χ3v) is 5.13. The van der Waals surface area contributed by atoms with Crippen LogP contribution in [0.15, 0.2) is 66.7 Å². The molecule has 0 atom stereocenters. The fraction of sp³-hybridized carbons (Fsp3) is 0.259. The molecule has 0 aromatic heterocycles. The first-order valence-electron chi connectivity index (χ1n) is 10.6. The van der Waals surface area contributed by atoms with E-state index in [0.29, 0.717) is 22.7 Å². The Labute approximate surface area is 189 Å². The van der Waals surface area contributed by atoms with Gasteiger partial charge in [0.1, 0.15) is 5.75 Å². The maximum absolute atomic E-state index is 12.5. The van der Waals surface area contributed by atoms with E-state index < -0.39 is 0 Å². The SMILES string of the molecule is Cc1ccc(OCC(=O)Nc2ccc(NC(=O)c3ccc(C(C)(C)C)cc3)cc2)c(C)c1. The van der Waals surface area contributed by atoms with Crippen molar-refractivity contribution in [3.8, 4) is 5.75 Å². The summed E-state index contributed by atoms with van der Waals surface area (Å²) in [4.78, 5) is 24.7. The van der Waals surface area contributed by atoms with Gasteiger partial charge in [0, 0.05) is 16.9 Å². The van der Waals surface area contributed by atoms with Crippen molar-refractivity contribution in [2.75, 3.05) is 17.2 Å². The third kappa shape index (κ3) is 6.20. The molecule has 3 aromatic carbocycles. The molecular formula is C27H30N2O3. The van der Waals surface area contributed by atoms with Crippen molar-refractivity contribution < 1.29 is 14.3 Å². The summed E-state index contributed by atoms with van der Waals surface area (Å²) in [6.07, 6.45) is 0. The molecule has 0 bridgehead atoms. The zero-order valence-corrected chi connectivity index (χ0v) is 19.3. The highest BCUT2D eigenvalue weighted by atomic mass is 16.5. The molecule has 2 N–H and O–H groups in total. The van der Waals surface area contributed by atoms with Gasteiger partial charge in [-0.1, -0.05) is 50.6 Å². The average molecular weight is 431 g/mol. The summed E-state index contributed by atoms with van der Waals surface area (Å²) in [6.45, 7) is 10.3. The lowest BCUT2D eigenvalue weighted by molar-refractivity contribution is -0.118. The first-order chi connectivity index (χ1) is 15.1. The molecule has 3 aromatic rings. The van der Waals surface area contributed by atoms with Crippen LogP contribution in [-0.4, -0.2) is 18.4 Å². The molecule has 0 radical (unpaired) electrons. The highest BCUT2D eigenvalue weighted by molar-refractivity contribution is 6.04. The largest absolute Gasteiger partial charge is 0.483 e. The van der Waals surface area contributed by atoms with Crippen molar-refractivity contribution in [1.29, 1.82) is 0 Å². The Hall–Kier alpha value is -3.60. The quantitative estimate of drug-likeness (QED) is 0.514. The molecule has 2 amide bonds. The normalized spacial score (nSPS) is 11.0. The minimum atomic E-state index is -0.249. The molecule has 3 rings (SSSR count). The smallest absolute Gasteiger partial charge is 0.262 e. The molecule has 0 aliphatic rings. The number of carbonyl (C=O) groups excluding carboxylic acids is 2. The topological polar surface area (TPSA) is 67.4 Å². The summed E-state index contributed by atoms with van der Waals surface area (Å²) in [5.41, 5.74) is 5.24. The Morgan fingerprint density at radius 3 is 1.97 bits per heavy atom. The van der Waals surface area contributed by atoms with Crippen LogP contribution in [0, 0.1) is 13.8 Å². The van der Waals surface area contributed by atoms with Crippen LogP contribution < -0.4 is 15.4 Å². The molecule has 5 nitrogen and oxygen atoms in total. The number of anilines is 2. The van der Waals surface area contributed by atoms with E-state index in [4.69, 9.17) is 4.74 Å². The standard InChI is InChI=1S/C27H30N2O3/c1-18-6-15-24(19(2)16-18)32-17-25(30)28-22-11-13-23(14-12-22)29-26(31)20-7-9-21(10-8-20)27(3,4)5/h6-16H,17H2,1-5H3,(H,28,30)(H,29,31). The van der Waals surface area contributed by atoms with E-state index in [1.165, 1.54) is 5.56 Å². The Balaban J connectivity index is 1.53. The van der Waals surface area contributed by atoms with Gasteiger partial charge >= 0.3 is 0 Å². The van der Waals surface area contributed by atoms with Crippen LogP contribution >= 0.6 is 0 Å². The van der Waals surface area contributed by atoms with E-state index in [0.717, 1.165) is 11.1 Å². The Kier molecular flexibility index (Phi) is 6.98. The number of ether oxygens (including phenoxy) is 1. The predicted molar refractivity (Wildman–Crippen MR) is 130 cm³/mol. The first kappa shape index (κ1) is 23.1. The Morgan fingerprint density at radius 2 is 1.41 bits per heavy atom. The average Bonchev–Trinajstić information content (AvgIpc) is 2.74. The molecule has 0 spiro atoms. The fourth-order valence-corrected chi connectivity index (χ4v) is 3.26. The lowest BCUT2D eigenvalue weighted by atomic mass is 9.87. The third-order valence-electron chi connectivity index (χ3n) is 5.13. The van der Waals surface area contributed by atoms with Crippen LogP contribution in [0.1, 0.15) is 47.8 Å². The molecule has 0 heterocycles. The lowest BCUT2D eigenvalue weighted by Gasteiger charge is -2.19. The van der Waals surface area contributed by atoms with Crippen LogP contribution in [0.3, 0.4) is 0 Å². The highest BCUT2D eigenvalue weighted by Gasteiger charge is 2.14. The number of hydrogen-bond donors (Lipinski definition) is 2. The molecule has 0 unspecified atom stereocenters. The van der Waals surface area contributed by atoms with Gasteiger partial charge in [0.05, 0.1) is 0 Å². The number of benzene rings is 3. The minimum Gasteiger partial charge on any atom is -0.483 e. The molecular weight excluding hydrogens is 400 g/mol. The summed E-state index contributed by atoms with van der Waals surface area (Å²) in [6, 6.07) is 20.4. The zero-order valence-electron chi connectivity index (χ0n) is 19.3. The van der Waals surface area contributed by atoms with Gasteiger partial charge in [-0.15, -0.1) is 0 Å². The van der Waals surface area contributed by atoms with E-state index in [9.17, 15) is 9.59 Å². The summed E-state index contributed by atoms with van der Waals surface area (Å²) in [5.74, 6) is 0.268. The monoisotopic (exact) mass is 430 g/mol. The first-order valence-corrected chi connectivity index (χ1v) is 10.6. The van der Waals surface area contributed by atoms with Gasteiger partial charge in [-0.25, -0.2) is 0 Å². The predicted octanol–water partition coefficient (Wildman–Crippen LogP) is 5.87. The van der Waals surface area contributed by atoms with Crippen molar-refractivity contribution in [3.63, 3.8) is 0 Å². The molecule has 5 heteroatoms. The van der Waals surface area contributed by atoms with Crippen molar-refractivity contribution in [2.45, 2.75) is 40.0 Å². The number of nitrogens with one attached hydrogen (secondary N) is 2. The van der Waals surface area contributed by atoms with Gasteiger partial charge in [0.25, 0.3) is 11.8 Å². The Bertz CT molecular complexity index is 1100. The van der Waals surface area contributed by atoms with E-state index in [2.05, 4.69) is 31.4 Å². The summed E-state index contributed by atoms with van der Waals surface area (Å²) in [7, 11) is 0. The number of amides is 2. The molecule has 0 fully saturated rings. The van der Waals surface area contributed by atoms with Crippen molar-refractivity contribution in [2.24, 2.45) is 0 Å². The molecule has 32 heavy (non-hydrogen) atoms. The van der Waals surface area contributed by atoms with Crippen LogP contribution in [-0.2, 0) is 10.2 Å².